The smallest absolute Gasteiger partial charge is 0.293 e. The van der Waals surface area contributed by atoms with Crippen molar-refractivity contribution in [1.29, 1.82) is 0 Å². The summed E-state index contributed by atoms with van der Waals surface area (Å²) in [6, 6.07) is 9.62. The SMILES string of the molecule is Cc1cccc(NC(=O)Cn2nc(-c3cccs3)c3cnn(C(C)(C)C)c3c2=O)c1C. The molecule has 160 valence electrons. The summed E-state index contributed by atoms with van der Waals surface area (Å²) >= 11 is 1.53. The number of carbonyl (C=O) groups excluding carboxylic acids is 1. The van der Waals surface area contributed by atoms with Gasteiger partial charge in [-0.1, -0.05) is 18.2 Å². The first-order chi connectivity index (χ1) is 14.7. The number of fused-ring (bicyclic) bond motifs is 1. The van der Waals surface area contributed by atoms with Crippen molar-refractivity contribution in [1.82, 2.24) is 19.6 Å². The fourth-order valence-electron chi connectivity index (χ4n) is 3.49. The number of aromatic nitrogens is 4. The van der Waals surface area contributed by atoms with E-state index in [1.54, 1.807) is 10.9 Å². The minimum Gasteiger partial charge on any atom is -0.324 e. The molecule has 0 aliphatic heterocycles. The van der Waals surface area contributed by atoms with Gasteiger partial charge in [-0.3, -0.25) is 14.3 Å². The van der Waals surface area contributed by atoms with Gasteiger partial charge in [-0.2, -0.15) is 10.2 Å². The second-order valence-corrected chi connectivity index (χ2v) is 9.52. The van der Waals surface area contributed by atoms with E-state index in [1.807, 2.05) is 70.3 Å². The van der Waals surface area contributed by atoms with Crippen LogP contribution >= 0.6 is 11.3 Å². The Hall–Kier alpha value is -3.26. The van der Waals surface area contributed by atoms with Crippen LogP contribution in [0.4, 0.5) is 5.69 Å². The largest absolute Gasteiger partial charge is 0.324 e. The van der Waals surface area contributed by atoms with Crippen LogP contribution < -0.4 is 10.9 Å². The van der Waals surface area contributed by atoms with Crippen LogP contribution in [0.25, 0.3) is 21.5 Å². The minimum atomic E-state index is -0.395. The van der Waals surface area contributed by atoms with Crippen molar-refractivity contribution in [2.24, 2.45) is 0 Å². The number of aryl methyl sites for hydroxylation is 1. The molecule has 3 heterocycles. The molecule has 0 unspecified atom stereocenters. The zero-order chi connectivity index (χ0) is 22.3. The van der Waals surface area contributed by atoms with Crippen LogP contribution in [0.3, 0.4) is 0 Å². The van der Waals surface area contributed by atoms with E-state index in [0.29, 0.717) is 16.6 Å². The third-order valence-corrected chi connectivity index (χ3v) is 6.12. The number of nitrogens with one attached hydrogen (secondary N) is 1. The molecule has 1 N–H and O–H groups in total. The molecule has 0 saturated heterocycles. The Kier molecular flexibility index (Phi) is 5.26. The number of carbonyl (C=O) groups is 1. The molecule has 1 aromatic carbocycles. The van der Waals surface area contributed by atoms with Gasteiger partial charge < -0.3 is 5.32 Å². The maximum atomic E-state index is 13.4. The molecule has 4 aromatic rings. The fraction of sp³-hybridized carbons (Fsp3) is 0.304. The third-order valence-electron chi connectivity index (χ3n) is 5.24. The highest BCUT2D eigenvalue weighted by Crippen LogP contribution is 2.30. The fourth-order valence-corrected chi connectivity index (χ4v) is 4.22. The van der Waals surface area contributed by atoms with E-state index in [9.17, 15) is 9.59 Å². The Morgan fingerprint density at radius 3 is 2.61 bits per heavy atom. The lowest BCUT2D eigenvalue weighted by Crippen LogP contribution is -2.33. The number of thiophene rings is 1. The standard InChI is InChI=1S/C23H25N5O2S/c1-14-8-6-9-17(15(14)2)25-19(29)13-27-22(30)21-16(12-24-28(21)23(3,4)5)20(26-27)18-10-7-11-31-18/h6-12H,13H2,1-5H3,(H,25,29). The van der Waals surface area contributed by atoms with E-state index >= 15 is 0 Å². The van der Waals surface area contributed by atoms with Gasteiger partial charge in [0.25, 0.3) is 5.56 Å². The molecule has 0 saturated carbocycles. The predicted molar refractivity (Wildman–Crippen MR) is 125 cm³/mol. The van der Waals surface area contributed by atoms with E-state index < -0.39 is 5.54 Å². The highest BCUT2D eigenvalue weighted by molar-refractivity contribution is 7.13. The number of benzene rings is 1. The van der Waals surface area contributed by atoms with Crippen molar-refractivity contribution in [2.45, 2.75) is 46.7 Å². The van der Waals surface area contributed by atoms with Gasteiger partial charge in [0.2, 0.25) is 5.91 Å². The Balaban J connectivity index is 1.80. The van der Waals surface area contributed by atoms with Crippen molar-refractivity contribution < 1.29 is 4.79 Å². The second kappa shape index (κ2) is 7.77. The van der Waals surface area contributed by atoms with Gasteiger partial charge >= 0.3 is 0 Å². The molecule has 0 radical (unpaired) electrons. The van der Waals surface area contributed by atoms with Gasteiger partial charge in [-0.25, -0.2) is 4.68 Å². The normalized spacial score (nSPS) is 11.8. The summed E-state index contributed by atoms with van der Waals surface area (Å²) in [7, 11) is 0. The van der Waals surface area contributed by atoms with Crippen molar-refractivity contribution >= 4 is 33.8 Å². The van der Waals surface area contributed by atoms with Crippen LogP contribution in [-0.4, -0.2) is 25.5 Å². The van der Waals surface area contributed by atoms with Gasteiger partial charge in [-0.15, -0.1) is 11.3 Å². The molecule has 0 aliphatic carbocycles. The molecule has 0 spiro atoms. The van der Waals surface area contributed by atoms with Crippen LogP contribution in [0.15, 0.2) is 46.7 Å². The van der Waals surface area contributed by atoms with Crippen LogP contribution in [0.5, 0.6) is 0 Å². The predicted octanol–water partition coefficient (Wildman–Crippen LogP) is 4.33. The first-order valence-electron chi connectivity index (χ1n) is 10.1. The van der Waals surface area contributed by atoms with Gasteiger partial charge in [0.1, 0.15) is 17.8 Å². The lowest BCUT2D eigenvalue weighted by molar-refractivity contribution is -0.117. The number of amides is 1. The summed E-state index contributed by atoms with van der Waals surface area (Å²) in [5.74, 6) is -0.304. The summed E-state index contributed by atoms with van der Waals surface area (Å²) in [4.78, 5) is 27.1. The van der Waals surface area contributed by atoms with E-state index in [4.69, 9.17) is 0 Å². The monoisotopic (exact) mass is 435 g/mol. The van der Waals surface area contributed by atoms with Gasteiger partial charge in [0.15, 0.2) is 0 Å². The van der Waals surface area contributed by atoms with Crippen LogP contribution in [0.2, 0.25) is 0 Å². The van der Waals surface area contributed by atoms with Crippen LogP contribution in [0, 0.1) is 13.8 Å². The zero-order valence-corrected chi connectivity index (χ0v) is 19.1. The molecule has 0 atom stereocenters. The van der Waals surface area contributed by atoms with E-state index in [1.165, 1.54) is 16.0 Å². The van der Waals surface area contributed by atoms with E-state index in [-0.39, 0.29) is 18.0 Å². The summed E-state index contributed by atoms with van der Waals surface area (Å²) < 4.78 is 2.95. The maximum Gasteiger partial charge on any atom is 0.293 e. The summed E-state index contributed by atoms with van der Waals surface area (Å²) in [6.45, 7) is 9.73. The maximum absolute atomic E-state index is 13.4. The number of nitrogens with zero attached hydrogens (tertiary/aromatic N) is 4. The van der Waals surface area contributed by atoms with Gasteiger partial charge in [-0.05, 0) is 63.3 Å². The molecule has 8 heteroatoms. The Morgan fingerprint density at radius 1 is 1.16 bits per heavy atom. The molecule has 3 aromatic heterocycles. The number of hydrogen-bond acceptors (Lipinski definition) is 5. The van der Waals surface area contributed by atoms with Gasteiger partial charge in [0, 0.05) is 5.69 Å². The molecule has 0 bridgehead atoms. The third kappa shape index (κ3) is 3.90. The second-order valence-electron chi connectivity index (χ2n) is 8.57. The zero-order valence-electron chi connectivity index (χ0n) is 18.3. The molecule has 0 fully saturated rings. The summed E-state index contributed by atoms with van der Waals surface area (Å²) in [5.41, 5.74) is 3.19. The first kappa shape index (κ1) is 21.0. The molecular weight excluding hydrogens is 410 g/mol. The Morgan fingerprint density at radius 2 is 1.94 bits per heavy atom. The van der Waals surface area contributed by atoms with Crippen molar-refractivity contribution in [3.63, 3.8) is 0 Å². The average molecular weight is 436 g/mol. The molecule has 7 nitrogen and oxygen atoms in total. The average Bonchev–Trinajstić information content (AvgIpc) is 3.37. The number of anilines is 1. The van der Waals surface area contributed by atoms with Crippen molar-refractivity contribution in [2.75, 3.05) is 5.32 Å². The van der Waals surface area contributed by atoms with Crippen LogP contribution in [0.1, 0.15) is 31.9 Å². The quantitative estimate of drug-likeness (QED) is 0.517. The van der Waals surface area contributed by atoms with Crippen molar-refractivity contribution in [3.05, 3.63) is 63.4 Å². The highest BCUT2D eigenvalue weighted by Gasteiger charge is 2.24. The topological polar surface area (TPSA) is 81.8 Å². The van der Waals surface area contributed by atoms with E-state index in [2.05, 4.69) is 15.5 Å². The molecule has 31 heavy (non-hydrogen) atoms. The van der Waals surface area contributed by atoms with Crippen LogP contribution in [-0.2, 0) is 16.9 Å². The lowest BCUT2D eigenvalue weighted by atomic mass is 10.1. The van der Waals surface area contributed by atoms with Gasteiger partial charge in [0.05, 0.1) is 22.0 Å². The Bertz CT molecular complexity index is 1330. The minimum absolute atomic E-state index is 0.185. The lowest BCUT2D eigenvalue weighted by Gasteiger charge is -2.20. The molecule has 4 rings (SSSR count). The van der Waals surface area contributed by atoms with Crippen molar-refractivity contribution in [3.8, 4) is 10.6 Å². The highest BCUT2D eigenvalue weighted by atomic mass is 32.1. The molecule has 0 aliphatic rings. The first-order valence-corrected chi connectivity index (χ1v) is 10.9. The number of rotatable bonds is 4. The van der Waals surface area contributed by atoms with E-state index in [0.717, 1.165) is 21.7 Å². The molecule has 1 amide bonds. The number of hydrogen-bond donors (Lipinski definition) is 1. The molecular formula is C23H25N5O2S. The summed E-state index contributed by atoms with van der Waals surface area (Å²) in [5, 5.41) is 14.6. The summed E-state index contributed by atoms with van der Waals surface area (Å²) in [6.07, 6.45) is 1.69. The Labute approximate surface area is 184 Å².